The summed E-state index contributed by atoms with van der Waals surface area (Å²) in [7, 11) is 0. The van der Waals surface area contributed by atoms with Crippen LogP contribution in [0.4, 0.5) is 17.1 Å². The van der Waals surface area contributed by atoms with E-state index >= 15 is 0 Å². The number of para-hydroxylation sites is 1. The molecule has 0 saturated heterocycles. The first-order valence-corrected chi connectivity index (χ1v) is 20.8. The molecule has 8 aromatic rings. The SMILES string of the molecule is CC1(C)c2ccccc2-c2ccc(N(c3ccccc3)c3ccc(C4=c5c(c6ccccc6c6ccccc56)=C(C5=CC=CCC5)C(c5ccccc5)C4)cc3)cc21. The zero-order valence-corrected chi connectivity index (χ0v) is 33.1. The van der Waals surface area contributed by atoms with Crippen LogP contribution in [0.1, 0.15) is 61.3 Å². The molecule has 278 valence electrons. The van der Waals surface area contributed by atoms with Crippen molar-refractivity contribution in [2.45, 2.75) is 44.4 Å². The molecule has 1 unspecified atom stereocenters. The normalized spacial score (nSPS) is 16.5. The highest BCUT2D eigenvalue weighted by Crippen LogP contribution is 2.51. The molecule has 58 heavy (non-hydrogen) atoms. The third kappa shape index (κ3) is 5.45. The van der Waals surface area contributed by atoms with Gasteiger partial charge in [0.25, 0.3) is 0 Å². The number of rotatable bonds is 6. The van der Waals surface area contributed by atoms with Crippen LogP contribution in [-0.2, 0) is 5.41 Å². The summed E-state index contributed by atoms with van der Waals surface area (Å²) in [6, 6.07) is 65.7. The maximum absolute atomic E-state index is 2.43. The van der Waals surface area contributed by atoms with E-state index in [1.807, 2.05) is 0 Å². The maximum Gasteiger partial charge on any atom is 0.0465 e. The Balaban J connectivity index is 1.15. The van der Waals surface area contributed by atoms with Crippen molar-refractivity contribution in [1.82, 2.24) is 0 Å². The first kappa shape index (κ1) is 34.5. The zero-order chi connectivity index (χ0) is 38.8. The molecule has 1 heteroatoms. The van der Waals surface area contributed by atoms with E-state index in [4.69, 9.17) is 0 Å². The van der Waals surface area contributed by atoms with Gasteiger partial charge in [-0.3, -0.25) is 0 Å². The van der Waals surface area contributed by atoms with Crippen molar-refractivity contribution in [3.63, 3.8) is 0 Å². The number of fused-ring (bicyclic) bond motifs is 9. The number of anilines is 3. The number of nitrogens with zero attached hydrogens (tertiary/aromatic N) is 1. The molecule has 1 atom stereocenters. The Morgan fingerprint density at radius 2 is 1.10 bits per heavy atom. The van der Waals surface area contributed by atoms with E-state index in [1.165, 1.54) is 87.8 Å². The quantitative estimate of drug-likeness (QED) is 0.153. The monoisotopic (exact) mass is 743 g/mol. The smallest absolute Gasteiger partial charge is 0.0465 e. The van der Waals surface area contributed by atoms with Gasteiger partial charge in [-0.2, -0.15) is 0 Å². The minimum Gasteiger partial charge on any atom is -0.310 e. The number of benzene rings is 8. The molecule has 3 aliphatic carbocycles. The molecule has 0 fully saturated rings. The third-order valence-electron chi connectivity index (χ3n) is 13.1. The number of allylic oxidation sites excluding steroid dienone is 4. The minimum atomic E-state index is -0.0821. The molecular formula is C57H45N. The van der Waals surface area contributed by atoms with Gasteiger partial charge >= 0.3 is 0 Å². The van der Waals surface area contributed by atoms with Gasteiger partial charge in [-0.15, -0.1) is 0 Å². The summed E-state index contributed by atoms with van der Waals surface area (Å²) in [6.07, 6.45) is 10.0. The Morgan fingerprint density at radius 1 is 0.517 bits per heavy atom. The maximum atomic E-state index is 2.43. The highest BCUT2D eigenvalue weighted by atomic mass is 15.1. The lowest BCUT2D eigenvalue weighted by Crippen LogP contribution is -2.37. The Morgan fingerprint density at radius 3 is 1.81 bits per heavy atom. The van der Waals surface area contributed by atoms with Crippen molar-refractivity contribution in [1.29, 1.82) is 0 Å². The second kappa shape index (κ2) is 13.7. The topological polar surface area (TPSA) is 3.24 Å². The van der Waals surface area contributed by atoms with Crippen molar-refractivity contribution in [3.05, 3.63) is 232 Å². The molecule has 0 aliphatic heterocycles. The van der Waals surface area contributed by atoms with Gasteiger partial charge in [-0.1, -0.05) is 172 Å². The van der Waals surface area contributed by atoms with Crippen LogP contribution in [-0.4, -0.2) is 0 Å². The first-order valence-electron chi connectivity index (χ1n) is 20.8. The van der Waals surface area contributed by atoms with Crippen LogP contribution in [0.2, 0.25) is 0 Å². The van der Waals surface area contributed by atoms with E-state index in [0.717, 1.165) is 30.6 Å². The summed E-state index contributed by atoms with van der Waals surface area (Å²) in [4.78, 5) is 2.42. The van der Waals surface area contributed by atoms with Crippen molar-refractivity contribution < 1.29 is 0 Å². The van der Waals surface area contributed by atoms with E-state index in [9.17, 15) is 0 Å². The predicted molar refractivity (Wildman–Crippen MR) is 246 cm³/mol. The van der Waals surface area contributed by atoms with Crippen molar-refractivity contribution in [2.24, 2.45) is 0 Å². The van der Waals surface area contributed by atoms with E-state index < -0.39 is 0 Å². The fourth-order valence-electron chi connectivity index (χ4n) is 10.4. The number of hydrogen-bond donors (Lipinski definition) is 0. The van der Waals surface area contributed by atoms with Crippen molar-refractivity contribution >= 4 is 49.8 Å². The molecule has 0 N–H and O–H groups in total. The predicted octanol–water partition coefficient (Wildman–Crippen LogP) is 13.6. The van der Waals surface area contributed by atoms with Gasteiger partial charge in [0.15, 0.2) is 0 Å². The van der Waals surface area contributed by atoms with Gasteiger partial charge in [-0.05, 0) is 138 Å². The summed E-state index contributed by atoms with van der Waals surface area (Å²) in [5.41, 5.74) is 15.9. The Labute approximate surface area is 341 Å². The van der Waals surface area contributed by atoms with Crippen LogP contribution in [0.5, 0.6) is 0 Å². The summed E-state index contributed by atoms with van der Waals surface area (Å²) in [5.74, 6) is 0.227. The highest BCUT2D eigenvalue weighted by molar-refractivity contribution is 6.10. The third-order valence-corrected chi connectivity index (χ3v) is 13.1. The summed E-state index contributed by atoms with van der Waals surface area (Å²) >= 11 is 0. The Kier molecular flexibility index (Phi) is 8.19. The lowest BCUT2D eigenvalue weighted by molar-refractivity contribution is 0.660. The molecule has 0 saturated carbocycles. The molecule has 0 amide bonds. The lowest BCUT2D eigenvalue weighted by atomic mass is 9.73. The second-order valence-corrected chi connectivity index (χ2v) is 16.7. The largest absolute Gasteiger partial charge is 0.310 e. The van der Waals surface area contributed by atoms with Gasteiger partial charge in [0.2, 0.25) is 0 Å². The average molecular weight is 744 g/mol. The van der Waals surface area contributed by atoms with E-state index in [1.54, 1.807) is 0 Å². The van der Waals surface area contributed by atoms with Crippen LogP contribution < -0.4 is 15.3 Å². The Bertz CT molecular complexity index is 3090. The van der Waals surface area contributed by atoms with E-state index in [-0.39, 0.29) is 11.3 Å². The molecule has 0 spiro atoms. The number of hydrogen-bond acceptors (Lipinski definition) is 1. The molecule has 0 bridgehead atoms. The van der Waals surface area contributed by atoms with Crippen LogP contribution in [0.3, 0.4) is 0 Å². The molecule has 3 aliphatic rings. The highest BCUT2D eigenvalue weighted by Gasteiger charge is 2.36. The standard InChI is InChI=1S/C57H45N/c1-57(2)52-29-17-16-26-46(52)47-35-34-43(36-53(47)57)58(41-22-10-5-11-23-41)42-32-30-39(31-33-42)51-37-50(38-18-6-3-7-19-38)54(40-20-8-4-9-21-40)56-49-28-15-13-25-45(49)44-24-12-14-27-48(44)55(51)56/h3-8,10-20,22-36,50H,9,21,37H2,1-2H3. The molecule has 8 aromatic carbocycles. The average Bonchev–Trinajstić information content (AvgIpc) is 3.52. The summed E-state index contributed by atoms with van der Waals surface area (Å²) in [6.45, 7) is 4.73. The fourth-order valence-corrected chi connectivity index (χ4v) is 10.4. The zero-order valence-electron chi connectivity index (χ0n) is 33.1. The molecule has 1 nitrogen and oxygen atoms in total. The lowest BCUT2D eigenvalue weighted by Gasteiger charge is -2.31. The molecule has 11 rings (SSSR count). The van der Waals surface area contributed by atoms with Gasteiger partial charge in [0.05, 0.1) is 0 Å². The summed E-state index contributed by atoms with van der Waals surface area (Å²) < 4.78 is 0. The van der Waals surface area contributed by atoms with Crippen LogP contribution >= 0.6 is 0 Å². The van der Waals surface area contributed by atoms with Gasteiger partial charge in [0, 0.05) is 28.4 Å². The van der Waals surface area contributed by atoms with Crippen LogP contribution in [0.15, 0.2) is 200 Å². The molecule has 0 radical (unpaired) electrons. The van der Waals surface area contributed by atoms with Crippen LogP contribution in [0.25, 0.3) is 43.8 Å². The van der Waals surface area contributed by atoms with E-state index in [0.29, 0.717) is 0 Å². The second-order valence-electron chi connectivity index (χ2n) is 16.7. The first-order chi connectivity index (χ1) is 28.6. The van der Waals surface area contributed by atoms with Gasteiger partial charge < -0.3 is 4.90 Å². The van der Waals surface area contributed by atoms with Gasteiger partial charge in [-0.25, -0.2) is 0 Å². The molecule has 0 heterocycles. The van der Waals surface area contributed by atoms with E-state index in [2.05, 4.69) is 213 Å². The van der Waals surface area contributed by atoms with Crippen molar-refractivity contribution in [3.8, 4) is 11.1 Å². The molecule has 0 aromatic heterocycles. The van der Waals surface area contributed by atoms with Gasteiger partial charge in [0.1, 0.15) is 0 Å². The Hall–Kier alpha value is -6.70. The van der Waals surface area contributed by atoms with Crippen LogP contribution in [0, 0.1) is 0 Å². The molecular weight excluding hydrogens is 699 g/mol. The fraction of sp³-hybridized carbons (Fsp3) is 0.123. The minimum absolute atomic E-state index is 0.0821. The summed E-state index contributed by atoms with van der Waals surface area (Å²) in [5, 5.41) is 8.11. The van der Waals surface area contributed by atoms with Crippen molar-refractivity contribution in [2.75, 3.05) is 4.90 Å².